The highest BCUT2D eigenvalue weighted by Crippen LogP contribution is 2.38. The van der Waals surface area contributed by atoms with Crippen molar-refractivity contribution >= 4 is 19.6 Å². The van der Waals surface area contributed by atoms with Gasteiger partial charge in [0.15, 0.2) is 11.9 Å². The first-order valence-electron chi connectivity index (χ1n) is 5.89. The molecule has 2 rings (SSSR count). The van der Waals surface area contributed by atoms with E-state index >= 15 is 0 Å². The number of aromatic nitrogens is 2. The van der Waals surface area contributed by atoms with E-state index in [2.05, 4.69) is 9.51 Å². The van der Waals surface area contributed by atoms with Crippen LogP contribution in [0.15, 0.2) is 6.33 Å². The summed E-state index contributed by atoms with van der Waals surface area (Å²) in [6, 6.07) is 0. The van der Waals surface area contributed by atoms with Crippen LogP contribution in [0.1, 0.15) is 16.7 Å². The predicted molar refractivity (Wildman–Crippen MR) is 67.5 cm³/mol. The molecule has 0 spiro atoms. The number of nitrogens with zero attached hydrogens (tertiary/aromatic N) is 2. The zero-order valence-electron chi connectivity index (χ0n) is 10.9. The first-order chi connectivity index (χ1) is 10.1. The number of hydrogen-bond donors (Lipinski definition) is 6. The molecule has 1 aromatic rings. The van der Waals surface area contributed by atoms with Gasteiger partial charge in [-0.3, -0.25) is 9.09 Å². The largest absolute Gasteiger partial charge is 0.476 e. The summed E-state index contributed by atoms with van der Waals surface area (Å²) in [6.45, 7) is -0.681. The molecule has 22 heavy (non-hydrogen) atoms. The van der Waals surface area contributed by atoms with E-state index in [1.807, 2.05) is 0 Å². The molecule has 0 amide bonds. The van der Waals surface area contributed by atoms with Crippen molar-refractivity contribution in [1.82, 2.24) is 9.55 Å². The van der Waals surface area contributed by atoms with E-state index in [9.17, 15) is 19.6 Å². The number of nitrogens with two attached hydrogens (primary N) is 1. The number of aromatic carboxylic acids is 1. The molecule has 1 aliphatic rings. The number of carbonyl (C=O) groups is 1. The number of nitrogen functional groups attached to an aromatic ring is 1. The van der Waals surface area contributed by atoms with Gasteiger partial charge < -0.3 is 35.6 Å². The third-order valence-electron chi connectivity index (χ3n) is 3.05. The summed E-state index contributed by atoms with van der Waals surface area (Å²) < 4.78 is 21.1. The number of phosphoric acid groups is 1. The molecule has 2 heterocycles. The summed E-state index contributed by atoms with van der Waals surface area (Å²) in [7, 11) is -4.77. The molecule has 1 unspecified atom stereocenters. The Kier molecular flexibility index (Phi) is 4.54. The molecule has 124 valence electrons. The lowest BCUT2D eigenvalue weighted by Crippen LogP contribution is -2.33. The molecule has 0 saturated carbocycles. The smallest absolute Gasteiger partial charge is 0.469 e. The Morgan fingerprint density at radius 1 is 1.45 bits per heavy atom. The lowest BCUT2D eigenvalue weighted by atomic mass is 10.1. The lowest BCUT2D eigenvalue weighted by molar-refractivity contribution is -0.0511. The molecule has 0 radical (unpaired) electrons. The van der Waals surface area contributed by atoms with E-state index in [-0.39, 0.29) is 5.82 Å². The minimum atomic E-state index is -4.77. The van der Waals surface area contributed by atoms with E-state index < -0.39 is 50.6 Å². The van der Waals surface area contributed by atoms with Gasteiger partial charge in [-0.2, -0.15) is 0 Å². The van der Waals surface area contributed by atoms with Crippen LogP contribution in [-0.4, -0.2) is 65.5 Å². The maximum Gasteiger partial charge on any atom is 0.469 e. The number of hydrogen-bond acceptors (Lipinski definition) is 8. The van der Waals surface area contributed by atoms with Crippen LogP contribution in [-0.2, 0) is 13.8 Å². The predicted octanol–water partition coefficient (Wildman–Crippen LogP) is -2.11. The number of rotatable bonds is 5. The molecular formula is C9H14N3O9P. The standard InChI is InChI=1S/C9H14N3O9P/c10-7-4(9(15)16)11-2-12(7)8-6(14)5(13)3(21-8)1-20-22(17,18)19/h2-3,5-6,8,13-14H,1,10H2,(H,15,16)(H2,17,18,19)/t3-,5?,6+,8-/m1/s1. The van der Waals surface area contributed by atoms with E-state index in [1.54, 1.807) is 0 Å². The molecule has 12 nitrogen and oxygen atoms in total. The molecule has 0 aromatic carbocycles. The maximum atomic E-state index is 10.9. The van der Waals surface area contributed by atoms with Gasteiger partial charge in [-0.25, -0.2) is 14.3 Å². The number of aliphatic hydroxyl groups excluding tert-OH is 2. The quantitative estimate of drug-likeness (QED) is 0.321. The van der Waals surface area contributed by atoms with Gasteiger partial charge in [-0.05, 0) is 0 Å². The Labute approximate surface area is 123 Å². The van der Waals surface area contributed by atoms with Crippen LogP contribution in [0.3, 0.4) is 0 Å². The maximum absolute atomic E-state index is 10.9. The molecule has 7 N–H and O–H groups in total. The van der Waals surface area contributed by atoms with Crippen LogP contribution in [0, 0.1) is 0 Å². The molecule has 1 fully saturated rings. The fourth-order valence-electron chi connectivity index (χ4n) is 2.01. The fourth-order valence-corrected chi connectivity index (χ4v) is 2.35. The molecule has 1 aliphatic heterocycles. The summed E-state index contributed by atoms with van der Waals surface area (Å²) >= 11 is 0. The van der Waals surface area contributed by atoms with Crippen molar-refractivity contribution in [2.75, 3.05) is 12.3 Å². The summed E-state index contributed by atoms with van der Waals surface area (Å²) in [4.78, 5) is 31.6. The number of anilines is 1. The first-order valence-corrected chi connectivity index (χ1v) is 7.42. The highest BCUT2D eigenvalue weighted by atomic mass is 31.2. The van der Waals surface area contributed by atoms with Crippen molar-refractivity contribution in [3.63, 3.8) is 0 Å². The summed E-state index contributed by atoms with van der Waals surface area (Å²) in [5.74, 6) is -1.69. The third-order valence-corrected chi connectivity index (χ3v) is 3.54. The highest BCUT2D eigenvalue weighted by Gasteiger charge is 2.45. The van der Waals surface area contributed by atoms with Crippen LogP contribution < -0.4 is 5.73 Å². The van der Waals surface area contributed by atoms with Crippen LogP contribution in [0.2, 0.25) is 0 Å². The van der Waals surface area contributed by atoms with Gasteiger partial charge in [0.05, 0.1) is 12.9 Å². The average molecular weight is 339 g/mol. The number of phosphoric ester groups is 1. The molecular weight excluding hydrogens is 325 g/mol. The molecule has 4 atom stereocenters. The molecule has 0 bridgehead atoms. The minimum absolute atomic E-state index is 0.305. The number of imidazole rings is 1. The number of carboxylic acid groups (broad SMARTS) is 1. The second-order valence-corrected chi connectivity index (χ2v) is 5.76. The highest BCUT2D eigenvalue weighted by molar-refractivity contribution is 7.46. The van der Waals surface area contributed by atoms with Gasteiger partial charge in [0.25, 0.3) is 0 Å². The summed E-state index contributed by atoms with van der Waals surface area (Å²) in [6.07, 6.45) is -4.56. The SMILES string of the molecule is Nc1c(C(=O)O)ncn1[C@@H]1O[C@H](COP(=O)(O)O)C(O)[C@@H]1O. The van der Waals surface area contributed by atoms with Crippen molar-refractivity contribution in [2.24, 2.45) is 0 Å². The first kappa shape index (κ1) is 16.8. The topological polar surface area (TPSA) is 198 Å². The second-order valence-electron chi connectivity index (χ2n) is 4.52. The van der Waals surface area contributed by atoms with Gasteiger partial charge >= 0.3 is 13.8 Å². The van der Waals surface area contributed by atoms with Crippen LogP contribution >= 0.6 is 7.82 Å². The molecule has 1 aromatic heterocycles. The van der Waals surface area contributed by atoms with Crippen molar-refractivity contribution in [3.8, 4) is 0 Å². The van der Waals surface area contributed by atoms with Gasteiger partial charge in [0, 0.05) is 0 Å². The Balaban J connectivity index is 2.16. The Morgan fingerprint density at radius 2 is 2.09 bits per heavy atom. The third kappa shape index (κ3) is 3.28. The van der Waals surface area contributed by atoms with Crippen molar-refractivity contribution in [2.45, 2.75) is 24.5 Å². The van der Waals surface area contributed by atoms with Gasteiger partial charge in [-0.1, -0.05) is 0 Å². The Morgan fingerprint density at radius 3 is 2.59 bits per heavy atom. The molecule has 13 heteroatoms. The Bertz CT molecular complexity index is 613. The van der Waals surface area contributed by atoms with Gasteiger partial charge in [-0.15, -0.1) is 0 Å². The van der Waals surface area contributed by atoms with E-state index in [0.29, 0.717) is 0 Å². The van der Waals surface area contributed by atoms with Crippen molar-refractivity contribution in [3.05, 3.63) is 12.0 Å². The van der Waals surface area contributed by atoms with Gasteiger partial charge in [0.2, 0.25) is 0 Å². The molecule has 0 aliphatic carbocycles. The second kappa shape index (κ2) is 5.93. The van der Waals surface area contributed by atoms with E-state index in [4.69, 9.17) is 25.4 Å². The average Bonchev–Trinajstić information content (AvgIpc) is 2.90. The minimum Gasteiger partial charge on any atom is -0.476 e. The lowest BCUT2D eigenvalue weighted by Gasteiger charge is -2.17. The summed E-state index contributed by atoms with van der Waals surface area (Å²) in [5, 5.41) is 28.6. The zero-order chi connectivity index (χ0) is 16.7. The van der Waals surface area contributed by atoms with Crippen LogP contribution in [0.4, 0.5) is 5.82 Å². The van der Waals surface area contributed by atoms with Crippen molar-refractivity contribution < 1.29 is 43.7 Å². The van der Waals surface area contributed by atoms with E-state index in [0.717, 1.165) is 10.9 Å². The van der Waals surface area contributed by atoms with E-state index in [1.165, 1.54) is 0 Å². The monoisotopic (exact) mass is 339 g/mol. The number of ether oxygens (including phenoxy) is 1. The Hall–Kier alpha value is -1.53. The fraction of sp³-hybridized carbons (Fsp3) is 0.556. The van der Waals surface area contributed by atoms with Crippen molar-refractivity contribution in [1.29, 1.82) is 0 Å². The molecule has 1 saturated heterocycles. The normalized spacial score (nSPS) is 28.9. The number of carboxylic acids is 1. The summed E-state index contributed by atoms with van der Waals surface area (Å²) in [5.41, 5.74) is 5.11. The van der Waals surface area contributed by atoms with Crippen LogP contribution in [0.25, 0.3) is 0 Å². The number of aliphatic hydroxyl groups is 2. The van der Waals surface area contributed by atoms with Gasteiger partial charge in [0.1, 0.15) is 24.1 Å². The zero-order valence-corrected chi connectivity index (χ0v) is 11.8. The van der Waals surface area contributed by atoms with Crippen LogP contribution in [0.5, 0.6) is 0 Å².